The van der Waals surface area contributed by atoms with Gasteiger partial charge < -0.3 is 10.4 Å². The number of nitrogens with zero attached hydrogens (tertiary/aromatic N) is 2. The van der Waals surface area contributed by atoms with Gasteiger partial charge in [-0.3, -0.25) is 4.57 Å². The van der Waals surface area contributed by atoms with Crippen molar-refractivity contribution >= 4 is 0 Å². The lowest BCUT2D eigenvalue weighted by Crippen LogP contribution is -2.26. The fourth-order valence-electron chi connectivity index (χ4n) is 2.32. The van der Waals surface area contributed by atoms with Crippen LogP contribution < -0.4 is 5.32 Å². The maximum Gasteiger partial charge on any atom is 0.110 e. The van der Waals surface area contributed by atoms with Crippen LogP contribution in [0.2, 0.25) is 0 Å². The van der Waals surface area contributed by atoms with Gasteiger partial charge in [-0.2, -0.15) is 0 Å². The zero-order valence-electron chi connectivity index (χ0n) is 12.2. The summed E-state index contributed by atoms with van der Waals surface area (Å²) in [5.74, 6) is 0.996. The Balaban J connectivity index is 2.06. The van der Waals surface area contributed by atoms with Crippen LogP contribution >= 0.6 is 0 Å². The van der Waals surface area contributed by atoms with Crippen molar-refractivity contribution in [3.63, 3.8) is 0 Å². The van der Waals surface area contributed by atoms with Gasteiger partial charge in [0.1, 0.15) is 5.82 Å². The Kier molecular flexibility index (Phi) is 5.32. The Morgan fingerprint density at radius 2 is 2.05 bits per heavy atom. The maximum absolute atomic E-state index is 8.85. The van der Waals surface area contributed by atoms with E-state index in [0.29, 0.717) is 6.04 Å². The summed E-state index contributed by atoms with van der Waals surface area (Å²) in [6.07, 6.45) is 3.74. The van der Waals surface area contributed by atoms with Crippen LogP contribution in [0, 0.1) is 6.92 Å². The molecule has 4 heteroatoms. The molecule has 20 heavy (non-hydrogen) atoms. The highest BCUT2D eigenvalue weighted by molar-refractivity contribution is 5.35. The first-order valence-corrected chi connectivity index (χ1v) is 7.15. The normalized spacial score (nSPS) is 12.6. The quantitative estimate of drug-likeness (QED) is 0.814. The van der Waals surface area contributed by atoms with E-state index in [1.807, 2.05) is 31.3 Å². The lowest BCUT2D eigenvalue weighted by molar-refractivity contribution is 0.276. The van der Waals surface area contributed by atoms with Gasteiger partial charge in [-0.05, 0) is 38.8 Å². The molecule has 0 saturated heterocycles. The number of imidazole rings is 1. The van der Waals surface area contributed by atoms with E-state index < -0.39 is 0 Å². The minimum atomic E-state index is 0.257. The summed E-state index contributed by atoms with van der Waals surface area (Å²) >= 11 is 0. The second kappa shape index (κ2) is 7.22. The molecule has 2 aromatic rings. The van der Waals surface area contributed by atoms with Gasteiger partial charge >= 0.3 is 0 Å². The van der Waals surface area contributed by atoms with E-state index in [2.05, 4.69) is 33.9 Å². The smallest absolute Gasteiger partial charge is 0.110 e. The van der Waals surface area contributed by atoms with E-state index in [4.69, 9.17) is 5.11 Å². The zero-order valence-corrected chi connectivity index (χ0v) is 12.2. The Labute approximate surface area is 120 Å². The number of para-hydroxylation sites is 1. The molecule has 1 aromatic heterocycles. The van der Waals surface area contributed by atoms with Gasteiger partial charge in [-0.1, -0.05) is 18.2 Å². The predicted octanol–water partition coefficient (Wildman–Crippen LogP) is 2.43. The van der Waals surface area contributed by atoms with Gasteiger partial charge in [0.05, 0.1) is 11.9 Å². The van der Waals surface area contributed by atoms with Crippen molar-refractivity contribution in [2.75, 3.05) is 6.61 Å². The number of rotatable bonds is 7. The first-order valence-electron chi connectivity index (χ1n) is 7.15. The van der Waals surface area contributed by atoms with Crippen molar-refractivity contribution in [3.05, 3.63) is 48.0 Å². The van der Waals surface area contributed by atoms with Crippen LogP contribution in [0.1, 0.15) is 31.3 Å². The number of aryl methyl sites for hydroxylation is 1. The Bertz CT molecular complexity index is 522. The minimum Gasteiger partial charge on any atom is -0.396 e. The molecule has 1 heterocycles. The van der Waals surface area contributed by atoms with E-state index in [0.717, 1.165) is 36.6 Å². The highest BCUT2D eigenvalue weighted by atomic mass is 16.2. The number of nitrogens with one attached hydrogen (secondary N) is 1. The molecular weight excluding hydrogens is 250 g/mol. The van der Waals surface area contributed by atoms with Crippen LogP contribution in [-0.4, -0.2) is 27.3 Å². The lowest BCUT2D eigenvalue weighted by atomic mass is 10.2. The molecule has 4 nitrogen and oxygen atoms in total. The Morgan fingerprint density at radius 3 is 2.75 bits per heavy atom. The largest absolute Gasteiger partial charge is 0.396 e. The van der Waals surface area contributed by atoms with E-state index in [1.54, 1.807) is 0 Å². The van der Waals surface area contributed by atoms with Crippen LogP contribution in [-0.2, 0) is 6.54 Å². The molecule has 0 saturated carbocycles. The highest BCUT2D eigenvalue weighted by Crippen LogP contribution is 2.14. The molecule has 0 radical (unpaired) electrons. The second-order valence-corrected chi connectivity index (χ2v) is 5.12. The summed E-state index contributed by atoms with van der Waals surface area (Å²) < 4.78 is 2.17. The van der Waals surface area contributed by atoms with E-state index in [-0.39, 0.29) is 6.61 Å². The van der Waals surface area contributed by atoms with Crippen LogP contribution in [0.15, 0.2) is 36.5 Å². The number of hydrogen-bond donors (Lipinski definition) is 2. The molecule has 0 spiro atoms. The molecule has 2 N–H and O–H groups in total. The van der Waals surface area contributed by atoms with Crippen LogP contribution in [0.3, 0.4) is 0 Å². The fraction of sp³-hybridized carbons (Fsp3) is 0.438. The molecule has 0 aliphatic heterocycles. The average molecular weight is 273 g/mol. The van der Waals surface area contributed by atoms with Crippen molar-refractivity contribution in [1.82, 2.24) is 14.9 Å². The third-order valence-electron chi connectivity index (χ3n) is 3.45. The van der Waals surface area contributed by atoms with Crippen molar-refractivity contribution in [3.8, 4) is 5.69 Å². The molecule has 0 fully saturated rings. The summed E-state index contributed by atoms with van der Waals surface area (Å²) in [4.78, 5) is 4.42. The summed E-state index contributed by atoms with van der Waals surface area (Å²) in [6.45, 7) is 5.20. The van der Waals surface area contributed by atoms with Crippen molar-refractivity contribution in [2.45, 2.75) is 39.3 Å². The van der Waals surface area contributed by atoms with Crippen LogP contribution in [0.5, 0.6) is 0 Å². The van der Waals surface area contributed by atoms with Gasteiger partial charge in [0.25, 0.3) is 0 Å². The molecule has 0 bridgehead atoms. The highest BCUT2D eigenvalue weighted by Gasteiger charge is 2.09. The van der Waals surface area contributed by atoms with Crippen molar-refractivity contribution in [2.24, 2.45) is 0 Å². The fourth-order valence-corrected chi connectivity index (χ4v) is 2.32. The monoisotopic (exact) mass is 273 g/mol. The third kappa shape index (κ3) is 3.68. The van der Waals surface area contributed by atoms with E-state index >= 15 is 0 Å². The minimum absolute atomic E-state index is 0.257. The summed E-state index contributed by atoms with van der Waals surface area (Å²) in [7, 11) is 0. The summed E-state index contributed by atoms with van der Waals surface area (Å²) in [6, 6.07) is 10.7. The topological polar surface area (TPSA) is 50.1 Å². The Morgan fingerprint density at radius 1 is 1.30 bits per heavy atom. The van der Waals surface area contributed by atoms with Gasteiger partial charge in [0.2, 0.25) is 0 Å². The maximum atomic E-state index is 8.85. The lowest BCUT2D eigenvalue weighted by Gasteiger charge is -2.15. The molecule has 108 valence electrons. The van der Waals surface area contributed by atoms with Crippen LogP contribution in [0.4, 0.5) is 0 Å². The van der Waals surface area contributed by atoms with Gasteiger partial charge in [-0.25, -0.2) is 4.98 Å². The number of aromatic nitrogens is 2. The standard InChI is InChI=1S/C16H23N3O/c1-13(7-6-10-20)17-11-16-12-18-14(2)19(16)15-8-4-3-5-9-15/h3-5,8-9,12-13,17,20H,6-7,10-11H2,1-2H3. The average Bonchev–Trinajstić information content (AvgIpc) is 2.84. The SMILES string of the molecule is Cc1ncc(CNC(C)CCCO)n1-c1ccccc1. The number of aliphatic hydroxyl groups excluding tert-OH is 1. The summed E-state index contributed by atoms with van der Waals surface area (Å²) in [5, 5.41) is 12.3. The second-order valence-electron chi connectivity index (χ2n) is 5.12. The molecule has 0 amide bonds. The molecule has 0 aliphatic rings. The van der Waals surface area contributed by atoms with E-state index in [9.17, 15) is 0 Å². The zero-order chi connectivity index (χ0) is 14.4. The van der Waals surface area contributed by atoms with Gasteiger partial charge in [-0.15, -0.1) is 0 Å². The molecule has 1 atom stereocenters. The van der Waals surface area contributed by atoms with Gasteiger partial charge in [0.15, 0.2) is 0 Å². The number of aliphatic hydroxyl groups is 1. The number of hydrogen-bond acceptors (Lipinski definition) is 3. The van der Waals surface area contributed by atoms with Crippen molar-refractivity contribution in [1.29, 1.82) is 0 Å². The van der Waals surface area contributed by atoms with Crippen molar-refractivity contribution < 1.29 is 5.11 Å². The molecule has 1 unspecified atom stereocenters. The number of benzene rings is 1. The van der Waals surface area contributed by atoms with E-state index in [1.165, 1.54) is 0 Å². The molecule has 0 aliphatic carbocycles. The first-order chi connectivity index (χ1) is 9.72. The molecule has 1 aromatic carbocycles. The Hall–Kier alpha value is -1.65. The molecular formula is C16H23N3O. The van der Waals surface area contributed by atoms with Gasteiger partial charge in [0, 0.05) is 24.9 Å². The third-order valence-corrected chi connectivity index (χ3v) is 3.45. The molecule has 2 rings (SSSR count). The predicted molar refractivity (Wildman–Crippen MR) is 80.9 cm³/mol. The first kappa shape index (κ1) is 14.8. The van der Waals surface area contributed by atoms with Crippen LogP contribution in [0.25, 0.3) is 5.69 Å². The summed E-state index contributed by atoms with van der Waals surface area (Å²) in [5.41, 5.74) is 2.30.